The summed E-state index contributed by atoms with van der Waals surface area (Å²) in [5, 5.41) is 5.31. The molecule has 1 unspecified atom stereocenters. The van der Waals surface area contributed by atoms with E-state index in [0.717, 1.165) is 28.5 Å². The molecule has 0 saturated heterocycles. The molecule has 0 aliphatic carbocycles. The van der Waals surface area contributed by atoms with Crippen molar-refractivity contribution in [1.82, 2.24) is 20.2 Å². The molecule has 1 aromatic carbocycles. The van der Waals surface area contributed by atoms with Crippen LogP contribution in [-0.2, 0) is 13.5 Å². The van der Waals surface area contributed by atoms with Crippen molar-refractivity contribution in [3.8, 4) is 0 Å². The molecule has 0 fully saturated rings. The Kier molecular flexibility index (Phi) is 3.45. The van der Waals surface area contributed by atoms with Crippen molar-refractivity contribution < 1.29 is 0 Å². The summed E-state index contributed by atoms with van der Waals surface area (Å²) in [5.74, 6) is 5.71. The maximum atomic E-state index is 5.71. The fraction of sp³-hybridized carbons (Fsp3) is 0.200. The first-order valence-corrected chi connectivity index (χ1v) is 6.54. The van der Waals surface area contributed by atoms with Crippen molar-refractivity contribution in [3.63, 3.8) is 0 Å². The average molecular weight is 267 g/mol. The highest BCUT2D eigenvalue weighted by Crippen LogP contribution is 2.21. The smallest absolute Gasteiger partial charge is 0.0702 e. The van der Waals surface area contributed by atoms with Crippen LogP contribution in [0.3, 0.4) is 0 Å². The third-order valence-corrected chi connectivity index (χ3v) is 3.43. The first-order chi connectivity index (χ1) is 9.76. The van der Waals surface area contributed by atoms with Gasteiger partial charge in [-0.2, -0.15) is 5.10 Å². The first kappa shape index (κ1) is 12.8. The molecule has 2 aromatic heterocycles. The Bertz CT molecular complexity index is 719. The summed E-state index contributed by atoms with van der Waals surface area (Å²) in [7, 11) is 1.91. The van der Waals surface area contributed by atoms with Crippen LogP contribution in [0.25, 0.3) is 10.9 Å². The van der Waals surface area contributed by atoms with E-state index in [1.54, 1.807) is 10.9 Å². The molecule has 0 saturated carbocycles. The number of rotatable bonds is 4. The van der Waals surface area contributed by atoms with Crippen LogP contribution in [0.2, 0.25) is 0 Å². The van der Waals surface area contributed by atoms with Gasteiger partial charge in [-0.15, -0.1) is 0 Å². The van der Waals surface area contributed by atoms with Crippen molar-refractivity contribution in [2.75, 3.05) is 0 Å². The van der Waals surface area contributed by atoms with Gasteiger partial charge in [-0.25, -0.2) is 0 Å². The third kappa shape index (κ3) is 2.54. The lowest BCUT2D eigenvalue weighted by molar-refractivity contribution is 0.552. The van der Waals surface area contributed by atoms with E-state index >= 15 is 0 Å². The second-order valence-corrected chi connectivity index (χ2v) is 4.90. The number of benzene rings is 1. The summed E-state index contributed by atoms with van der Waals surface area (Å²) in [6.45, 7) is 0. The van der Waals surface area contributed by atoms with Gasteiger partial charge >= 0.3 is 0 Å². The normalized spacial score (nSPS) is 12.7. The Balaban J connectivity index is 1.90. The Morgan fingerprint density at radius 2 is 2.25 bits per heavy atom. The van der Waals surface area contributed by atoms with E-state index in [4.69, 9.17) is 5.84 Å². The highest BCUT2D eigenvalue weighted by atomic mass is 15.2. The lowest BCUT2D eigenvalue weighted by atomic mass is 9.99. The van der Waals surface area contributed by atoms with Gasteiger partial charge in [0.05, 0.1) is 17.8 Å². The van der Waals surface area contributed by atoms with Gasteiger partial charge in [0.25, 0.3) is 0 Å². The summed E-state index contributed by atoms with van der Waals surface area (Å²) in [5.41, 5.74) is 6.18. The molecular formula is C15H17N5. The molecular weight excluding hydrogens is 250 g/mol. The monoisotopic (exact) mass is 267 g/mol. The van der Waals surface area contributed by atoms with Gasteiger partial charge in [0.2, 0.25) is 0 Å². The number of fused-ring (bicyclic) bond motifs is 1. The summed E-state index contributed by atoms with van der Waals surface area (Å²) >= 11 is 0. The van der Waals surface area contributed by atoms with Crippen LogP contribution in [0, 0.1) is 0 Å². The molecule has 1 atom stereocenters. The number of aryl methyl sites for hydroxylation is 1. The molecule has 0 amide bonds. The van der Waals surface area contributed by atoms with Gasteiger partial charge in [0.15, 0.2) is 0 Å². The van der Waals surface area contributed by atoms with Crippen LogP contribution in [0.15, 0.2) is 48.9 Å². The van der Waals surface area contributed by atoms with Crippen LogP contribution in [-0.4, -0.2) is 14.8 Å². The second kappa shape index (κ2) is 5.40. The Morgan fingerprint density at radius 3 is 3.00 bits per heavy atom. The molecule has 2 heterocycles. The lowest BCUT2D eigenvalue weighted by Crippen LogP contribution is -2.29. The highest BCUT2D eigenvalue weighted by Gasteiger charge is 2.12. The van der Waals surface area contributed by atoms with Gasteiger partial charge in [-0.05, 0) is 35.7 Å². The van der Waals surface area contributed by atoms with Gasteiger partial charge in [0.1, 0.15) is 0 Å². The predicted octanol–water partition coefficient (Wildman–Crippen LogP) is 1.72. The van der Waals surface area contributed by atoms with Crippen molar-refractivity contribution >= 4 is 10.9 Å². The van der Waals surface area contributed by atoms with E-state index in [1.807, 2.05) is 31.6 Å². The number of aromatic nitrogens is 3. The SMILES string of the molecule is Cn1cc(CC(NN)c2ccc3ncccc3c2)cn1. The summed E-state index contributed by atoms with van der Waals surface area (Å²) < 4.78 is 1.80. The van der Waals surface area contributed by atoms with E-state index < -0.39 is 0 Å². The number of nitrogens with zero attached hydrogens (tertiary/aromatic N) is 3. The molecule has 3 rings (SSSR count). The van der Waals surface area contributed by atoms with Crippen molar-refractivity contribution in [1.29, 1.82) is 0 Å². The standard InChI is InChI=1S/C15H17N5/c1-20-10-11(9-18-20)7-15(19-16)13-4-5-14-12(8-13)3-2-6-17-14/h2-6,8-10,15,19H,7,16H2,1H3. The number of nitrogens with one attached hydrogen (secondary N) is 1. The van der Waals surface area contributed by atoms with Crippen LogP contribution in [0.1, 0.15) is 17.2 Å². The molecule has 0 aliphatic rings. The number of hydrogen-bond donors (Lipinski definition) is 2. The lowest BCUT2D eigenvalue weighted by Gasteiger charge is -2.16. The molecule has 0 aliphatic heterocycles. The minimum Gasteiger partial charge on any atom is -0.276 e. The number of pyridine rings is 1. The fourth-order valence-electron chi connectivity index (χ4n) is 2.40. The highest BCUT2D eigenvalue weighted by molar-refractivity contribution is 5.79. The molecule has 5 nitrogen and oxygen atoms in total. The van der Waals surface area contributed by atoms with Gasteiger partial charge in [-0.1, -0.05) is 12.1 Å². The molecule has 0 bridgehead atoms. The van der Waals surface area contributed by atoms with Crippen LogP contribution in [0.5, 0.6) is 0 Å². The van der Waals surface area contributed by atoms with Gasteiger partial charge < -0.3 is 0 Å². The van der Waals surface area contributed by atoms with Crippen LogP contribution in [0.4, 0.5) is 0 Å². The van der Waals surface area contributed by atoms with E-state index in [-0.39, 0.29) is 6.04 Å². The van der Waals surface area contributed by atoms with Gasteiger partial charge in [0, 0.05) is 24.8 Å². The van der Waals surface area contributed by atoms with E-state index in [1.165, 1.54) is 0 Å². The zero-order chi connectivity index (χ0) is 13.9. The molecule has 3 N–H and O–H groups in total. The molecule has 0 spiro atoms. The third-order valence-electron chi connectivity index (χ3n) is 3.43. The van der Waals surface area contributed by atoms with Crippen molar-refractivity contribution in [3.05, 3.63) is 60.0 Å². The largest absolute Gasteiger partial charge is 0.276 e. The minimum atomic E-state index is 0.0591. The topological polar surface area (TPSA) is 68.8 Å². The predicted molar refractivity (Wildman–Crippen MR) is 78.7 cm³/mol. The summed E-state index contributed by atoms with van der Waals surface area (Å²) in [6, 6.07) is 10.3. The molecule has 5 heteroatoms. The average Bonchev–Trinajstić information content (AvgIpc) is 2.89. The molecule has 3 aromatic rings. The van der Waals surface area contributed by atoms with E-state index in [9.17, 15) is 0 Å². The zero-order valence-electron chi connectivity index (χ0n) is 11.3. The Labute approximate surface area is 117 Å². The maximum absolute atomic E-state index is 5.71. The minimum absolute atomic E-state index is 0.0591. The first-order valence-electron chi connectivity index (χ1n) is 6.54. The Hall–Kier alpha value is -2.24. The number of nitrogens with two attached hydrogens (primary N) is 1. The van der Waals surface area contributed by atoms with Crippen molar-refractivity contribution in [2.45, 2.75) is 12.5 Å². The van der Waals surface area contributed by atoms with E-state index in [0.29, 0.717) is 0 Å². The van der Waals surface area contributed by atoms with Crippen LogP contribution < -0.4 is 11.3 Å². The summed E-state index contributed by atoms with van der Waals surface area (Å²) in [6.07, 6.45) is 6.48. The zero-order valence-corrected chi connectivity index (χ0v) is 11.3. The van der Waals surface area contributed by atoms with E-state index in [2.05, 4.69) is 33.7 Å². The molecule has 20 heavy (non-hydrogen) atoms. The Morgan fingerprint density at radius 1 is 1.35 bits per heavy atom. The maximum Gasteiger partial charge on any atom is 0.0702 e. The number of hydrogen-bond acceptors (Lipinski definition) is 4. The van der Waals surface area contributed by atoms with Gasteiger partial charge in [-0.3, -0.25) is 20.9 Å². The second-order valence-electron chi connectivity index (χ2n) is 4.90. The molecule has 0 radical (unpaired) electrons. The fourth-order valence-corrected chi connectivity index (χ4v) is 2.40. The quantitative estimate of drug-likeness (QED) is 0.558. The van der Waals surface area contributed by atoms with Crippen LogP contribution >= 0.6 is 0 Å². The molecule has 102 valence electrons. The van der Waals surface area contributed by atoms with Crippen molar-refractivity contribution in [2.24, 2.45) is 12.9 Å². The summed E-state index contributed by atoms with van der Waals surface area (Å²) in [4.78, 5) is 4.33. The number of hydrazine groups is 1.